The van der Waals surface area contributed by atoms with Gasteiger partial charge in [-0.15, -0.1) is 0 Å². The van der Waals surface area contributed by atoms with Gasteiger partial charge < -0.3 is 0 Å². The molecule has 0 spiro atoms. The molecule has 2 heterocycles. The van der Waals surface area contributed by atoms with Crippen LogP contribution in [-0.4, -0.2) is 28.3 Å². The van der Waals surface area contributed by atoms with Crippen molar-refractivity contribution in [3.63, 3.8) is 0 Å². The number of nitrogens with one attached hydrogen (secondary N) is 1. The lowest BCUT2D eigenvalue weighted by molar-refractivity contribution is -0.122. The van der Waals surface area contributed by atoms with E-state index in [1.807, 2.05) is 31.2 Å². The first-order chi connectivity index (χ1) is 14.4. The van der Waals surface area contributed by atoms with E-state index in [4.69, 9.17) is 0 Å². The third kappa shape index (κ3) is 3.10. The maximum atomic E-state index is 13.2. The Labute approximate surface area is 172 Å². The van der Waals surface area contributed by atoms with Crippen LogP contribution in [0.2, 0.25) is 0 Å². The minimum atomic E-state index is -0.783. The van der Waals surface area contributed by atoms with Crippen molar-refractivity contribution in [3.8, 4) is 0 Å². The van der Waals surface area contributed by atoms with E-state index in [-0.39, 0.29) is 11.5 Å². The predicted molar refractivity (Wildman–Crippen MR) is 113 cm³/mol. The van der Waals surface area contributed by atoms with Crippen molar-refractivity contribution in [2.75, 3.05) is 4.90 Å². The number of carbonyl (C=O) groups excluding carboxylic acids is 4. The van der Waals surface area contributed by atoms with Gasteiger partial charge in [0.15, 0.2) is 0 Å². The molecular weight excluding hydrogens is 382 g/mol. The van der Waals surface area contributed by atoms with Crippen LogP contribution in [0, 0.1) is 0 Å². The largest absolute Gasteiger partial charge is 0.335 e. The van der Waals surface area contributed by atoms with E-state index in [1.54, 1.807) is 30.5 Å². The maximum absolute atomic E-state index is 13.2. The molecule has 2 aromatic carbocycles. The Kier molecular flexibility index (Phi) is 4.79. The molecule has 30 heavy (non-hydrogen) atoms. The Morgan fingerprint density at radius 1 is 1.03 bits per heavy atom. The van der Waals surface area contributed by atoms with E-state index in [0.29, 0.717) is 23.2 Å². The van der Waals surface area contributed by atoms with Crippen LogP contribution in [0.1, 0.15) is 29.8 Å². The lowest BCUT2D eigenvalue weighted by Gasteiger charge is -2.27. The topological polar surface area (TPSA) is 88.5 Å². The molecule has 1 aliphatic heterocycles. The lowest BCUT2D eigenvalue weighted by atomic mass is 10.0. The number of amides is 4. The van der Waals surface area contributed by atoms with Crippen molar-refractivity contribution in [3.05, 3.63) is 71.4 Å². The summed E-state index contributed by atoms with van der Waals surface area (Å²) in [4.78, 5) is 51.2. The summed E-state index contributed by atoms with van der Waals surface area (Å²) in [5.41, 5.74) is 2.28. The van der Waals surface area contributed by atoms with Crippen molar-refractivity contribution >= 4 is 46.4 Å². The SMILES string of the molecule is CCc1ccccc1N1C(=O)NC(=O)C(=Cc2cn(C(C)=O)c3ccccc23)C1=O. The number of anilines is 1. The number of aryl methyl sites for hydroxylation is 1. The van der Waals surface area contributed by atoms with Gasteiger partial charge in [0.25, 0.3) is 11.8 Å². The zero-order valence-corrected chi connectivity index (χ0v) is 16.5. The molecule has 1 N–H and O–H groups in total. The highest BCUT2D eigenvalue weighted by Gasteiger charge is 2.37. The van der Waals surface area contributed by atoms with Gasteiger partial charge >= 0.3 is 6.03 Å². The highest BCUT2D eigenvalue weighted by molar-refractivity contribution is 6.39. The number of urea groups is 1. The number of benzene rings is 2. The molecule has 4 rings (SSSR count). The van der Waals surface area contributed by atoms with Gasteiger partial charge in [-0.05, 0) is 30.2 Å². The summed E-state index contributed by atoms with van der Waals surface area (Å²) >= 11 is 0. The van der Waals surface area contributed by atoms with E-state index in [2.05, 4.69) is 5.32 Å². The first-order valence-electron chi connectivity index (χ1n) is 9.52. The number of hydrogen-bond donors (Lipinski definition) is 1. The zero-order valence-electron chi connectivity index (χ0n) is 16.5. The molecule has 0 atom stereocenters. The van der Waals surface area contributed by atoms with Gasteiger partial charge in [-0.25, -0.2) is 9.69 Å². The number of nitrogens with zero attached hydrogens (tertiary/aromatic N) is 2. The summed E-state index contributed by atoms with van der Waals surface area (Å²) in [6.07, 6.45) is 3.63. The number of carbonyl (C=O) groups is 4. The molecule has 0 unspecified atom stereocenters. The van der Waals surface area contributed by atoms with Gasteiger partial charge in [-0.2, -0.15) is 0 Å². The molecule has 1 aliphatic rings. The second kappa shape index (κ2) is 7.44. The molecule has 0 aliphatic carbocycles. The number of barbiturate groups is 1. The molecule has 7 heteroatoms. The van der Waals surface area contributed by atoms with E-state index in [1.165, 1.54) is 17.6 Å². The normalized spacial score (nSPS) is 15.7. The minimum Gasteiger partial charge on any atom is -0.287 e. The second-order valence-electron chi connectivity index (χ2n) is 6.93. The third-order valence-corrected chi connectivity index (χ3v) is 5.10. The summed E-state index contributed by atoms with van der Waals surface area (Å²) in [6, 6.07) is 13.5. The van der Waals surface area contributed by atoms with E-state index in [0.717, 1.165) is 15.8 Å². The average molecular weight is 401 g/mol. The van der Waals surface area contributed by atoms with Crippen LogP contribution < -0.4 is 10.2 Å². The van der Waals surface area contributed by atoms with Crippen LogP contribution in [0.3, 0.4) is 0 Å². The fourth-order valence-electron chi connectivity index (χ4n) is 3.64. The molecule has 3 aromatic rings. The Morgan fingerprint density at radius 3 is 2.47 bits per heavy atom. The second-order valence-corrected chi connectivity index (χ2v) is 6.93. The highest BCUT2D eigenvalue weighted by atomic mass is 16.2. The van der Waals surface area contributed by atoms with Gasteiger partial charge in [0.1, 0.15) is 5.57 Å². The van der Waals surface area contributed by atoms with Crippen molar-refractivity contribution in [1.82, 2.24) is 9.88 Å². The minimum absolute atomic E-state index is 0.174. The summed E-state index contributed by atoms with van der Waals surface area (Å²) in [7, 11) is 0. The van der Waals surface area contributed by atoms with E-state index < -0.39 is 17.8 Å². The maximum Gasteiger partial charge on any atom is 0.335 e. The number of imide groups is 2. The highest BCUT2D eigenvalue weighted by Crippen LogP contribution is 2.28. The standard InChI is InChI=1S/C23H19N3O4/c1-3-15-8-4-6-10-19(15)26-22(29)18(21(28)24-23(26)30)12-16-13-25(14(2)27)20-11-7-5-9-17(16)20/h4-13H,3H2,1-2H3,(H,24,28,30). The Morgan fingerprint density at radius 2 is 1.73 bits per heavy atom. The van der Waals surface area contributed by atoms with Crippen LogP contribution >= 0.6 is 0 Å². The Hall–Kier alpha value is -4.00. The smallest absolute Gasteiger partial charge is 0.287 e. The molecule has 0 saturated carbocycles. The van der Waals surface area contributed by atoms with Crippen LogP contribution in [0.4, 0.5) is 10.5 Å². The summed E-state index contributed by atoms with van der Waals surface area (Å²) in [5, 5.41) is 2.96. The predicted octanol–water partition coefficient (Wildman–Crippen LogP) is 3.53. The number of para-hydroxylation sites is 2. The van der Waals surface area contributed by atoms with Gasteiger partial charge in [-0.1, -0.05) is 43.3 Å². The molecule has 1 saturated heterocycles. The van der Waals surface area contributed by atoms with Gasteiger partial charge in [0.05, 0.1) is 11.2 Å². The number of rotatable bonds is 3. The summed E-state index contributed by atoms with van der Waals surface area (Å²) < 4.78 is 1.46. The number of aromatic nitrogens is 1. The van der Waals surface area contributed by atoms with Crippen molar-refractivity contribution in [1.29, 1.82) is 0 Å². The number of hydrogen-bond acceptors (Lipinski definition) is 4. The van der Waals surface area contributed by atoms with Crippen molar-refractivity contribution < 1.29 is 19.2 Å². The molecule has 1 fully saturated rings. The summed E-state index contributed by atoms with van der Waals surface area (Å²) in [5.74, 6) is -1.66. The van der Waals surface area contributed by atoms with Crippen LogP contribution in [-0.2, 0) is 16.0 Å². The average Bonchev–Trinajstić information content (AvgIpc) is 3.10. The fourth-order valence-corrected chi connectivity index (χ4v) is 3.64. The van der Waals surface area contributed by atoms with Crippen LogP contribution in [0.25, 0.3) is 17.0 Å². The molecule has 150 valence electrons. The lowest BCUT2D eigenvalue weighted by Crippen LogP contribution is -2.54. The van der Waals surface area contributed by atoms with Crippen LogP contribution in [0.5, 0.6) is 0 Å². The van der Waals surface area contributed by atoms with Gasteiger partial charge in [0.2, 0.25) is 5.91 Å². The monoisotopic (exact) mass is 401 g/mol. The number of fused-ring (bicyclic) bond motifs is 1. The molecular formula is C23H19N3O4. The van der Waals surface area contributed by atoms with Gasteiger partial charge in [0, 0.05) is 24.1 Å². The van der Waals surface area contributed by atoms with Crippen LogP contribution in [0.15, 0.2) is 60.3 Å². The van der Waals surface area contributed by atoms with E-state index in [9.17, 15) is 19.2 Å². The van der Waals surface area contributed by atoms with Gasteiger partial charge in [-0.3, -0.25) is 24.3 Å². The first-order valence-corrected chi connectivity index (χ1v) is 9.52. The molecule has 0 radical (unpaired) electrons. The molecule has 0 bridgehead atoms. The molecule has 4 amide bonds. The van der Waals surface area contributed by atoms with Crippen molar-refractivity contribution in [2.45, 2.75) is 20.3 Å². The van der Waals surface area contributed by atoms with E-state index >= 15 is 0 Å². The first kappa shape index (κ1) is 19.3. The molecule has 1 aromatic heterocycles. The Bertz CT molecular complexity index is 1250. The zero-order chi connectivity index (χ0) is 21.4. The van der Waals surface area contributed by atoms with Crippen molar-refractivity contribution in [2.24, 2.45) is 0 Å². The fraction of sp³-hybridized carbons (Fsp3) is 0.130. The quantitative estimate of drug-likeness (QED) is 0.537. The molecule has 7 nitrogen and oxygen atoms in total. The Balaban J connectivity index is 1.85. The third-order valence-electron chi connectivity index (χ3n) is 5.10. The summed E-state index contributed by atoms with van der Waals surface area (Å²) in [6.45, 7) is 3.35.